The summed E-state index contributed by atoms with van der Waals surface area (Å²) in [6.45, 7) is 3.77. The van der Waals surface area contributed by atoms with E-state index in [0.717, 1.165) is 17.4 Å². The van der Waals surface area contributed by atoms with Gasteiger partial charge >= 0.3 is 0 Å². The lowest BCUT2D eigenvalue weighted by molar-refractivity contribution is 0.484. The first-order chi connectivity index (χ1) is 9.68. The van der Waals surface area contributed by atoms with Crippen LogP contribution >= 0.6 is 11.6 Å². The molecule has 0 aromatic heterocycles. The first-order valence-electron chi connectivity index (χ1n) is 6.22. The van der Waals surface area contributed by atoms with Crippen LogP contribution in [0.1, 0.15) is 11.1 Å². The molecule has 6 heteroatoms. The van der Waals surface area contributed by atoms with E-state index in [1.807, 2.05) is 13.8 Å². The average Bonchev–Trinajstić information content (AvgIpc) is 2.37. The Hall–Kier alpha value is -1.72. The molecule has 0 saturated heterocycles. The fourth-order valence-electron chi connectivity index (χ4n) is 1.94. The van der Waals surface area contributed by atoms with E-state index in [1.165, 1.54) is 12.1 Å². The number of anilines is 1. The smallest absolute Gasteiger partial charge is 0.175 e. The molecule has 0 radical (unpaired) electrons. The predicted molar refractivity (Wildman–Crippen MR) is 85.0 cm³/mol. The molecular formula is C15H16ClNO3S. The molecule has 0 bridgehead atoms. The van der Waals surface area contributed by atoms with Crippen molar-refractivity contribution >= 4 is 27.1 Å². The van der Waals surface area contributed by atoms with Gasteiger partial charge in [0.25, 0.3) is 0 Å². The molecule has 0 aliphatic heterocycles. The fourth-order valence-corrected chi connectivity index (χ4v) is 2.71. The van der Waals surface area contributed by atoms with E-state index in [9.17, 15) is 8.42 Å². The average molecular weight is 326 g/mol. The van der Waals surface area contributed by atoms with Crippen molar-refractivity contribution in [2.75, 3.05) is 12.0 Å². The SMILES string of the molecule is Cc1cc(Oc2ccc(S(C)(=O)=O)cc2N)cc(C)c1Cl. The molecule has 0 unspecified atom stereocenters. The molecule has 0 heterocycles. The van der Waals surface area contributed by atoms with Gasteiger partial charge in [0.15, 0.2) is 9.84 Å². The second kappa shape index (κ2) is 5.58. The van der Waals surface area contributed by atoms with Crippen LogP contribution in [0.3, 0.4) is 0 Å². The third kappa shape index (κ3) is 3.49. The van der Waals surface area contributed by atoms with Gasteiger partial charge < -0.3 is 10.5 Å². The fraction of sp³-hybridized carbons (Fsp3) is 0.200. The monoisotopic (exact) mass is 325 g/mol. The summed E-state index contributed by atoms with van der Waals surface area (Å²) in [5.41, 5.74) is 7.93. The van der Waals surface area contributed by atoms with E-state index in [2.05, 4.69) is 0 Å². The van der Waals surface area contributed by atoms with Crippen LogP contribution in [0, 0.1) is 13.8 Å². The standard InChI is InChI=1S/C15H16ClNO3S/c1-9-6-11(7-10(2)15(9)16)20-14-5-4-12(8-13(14)17)21(3,18)19/h4-8H,17H2,1-3H3. The van der Waals surface area contributed by atoms with Crippen molar-refractivity contribution < 1.29 is 13.2 Å². The minimum atomic E-state index is -3.29. The molecule has 4 nitrogen and oxygen atoms in total. The van der Waals surface area contributed by atoms with Crippen molar-refractivity contribution in [3.05, 3.63) is 46.5 Å². The zero-order valence-electron chi connectivity index (χ0n) is 12.0. The second-order valence-corrected chi connectivity index (χ2v) is 7.34. The van der Waals surface area contributed by atoms with Gasteiger partial charge in [0.1, 0.15) is 11.5 Å². The summed E-state index contributed by atoms with van der Waals surface area (Å²) < 4.78 is 28.7. The van der Waals surface area contributed by atoms with E-state index in [1.54, 1.807) is 18.2 Å². The third-order valence-electron chi connectivity index (χ3n) is 3.05. The van der Waals surface area contributed by atoms with Crippen molar-refractivity contribution in [2.45, 2.75) is 18.7 Å². The highest BCUT2D eigenvalue weighted by Crippen LogP contribution is 2.32. The molecule has 0 amide bonds. The van der Waals surface area contributed by atoms with Crippen molar-refractivity contribution in [2.24, 2.45) is 0 Å². The van der Waals surface area contributed by atoms with E-state index in [0.29, 0.717) is 16.5 Å². The summed E-state index contributed by atoms with van der Waals surface area (Å²) >= 11 is 6.11. The number of aryl methyl sites for hydroxylation is 2. The lowest BCUT2D eigenvalue weighted by Gasteiger charge is -2.12. The summed E-state index contributed by atoms with van der Waals surface area (Å²) in [6.07, 6.45) is 1.13. The van der Waals surface area contributed by atoms with Gasteiger partial charge in [0.05, 0.1) is 10.6 Å². The topological polar surface area (TPSA) is 69.4 Å². The van der Waals surface area contributed by atoms with Gasteiger partial charge in [-0.05, 0) is 55.3 Å². The Kier molecular flexibility index (Phi) is 4.16. The Morgan fingerprint density at radius 3 is 2.14 bits per heavy atom. The molecule has 0 saturated carbocycles. The second-order valence-electron chi connectivity index (χ2n) is 4.94. The van der Waals surface area contributed by atoms with Gasteiger partial charge in [-0.3, -0.25) is 0 Å². The molecule has 2 aromatic carbocycles. The third-order valence-corrected chi connectivity index (χ3v) is 4.75. The quantitative estimate of drug-likeness (QED) is 0.873. The largest absolute Gasteiger partial charge is 0.455 e. The molecule has 0 spiro atoms. The van der Waals surface area contributed by atoms with E-state index < -0.39 is 9.84 Å². The Morgan fingerprint density at radius 2 is 1.67 bits per heavy atom. The van der Waals surface area contributed by atoms with E-state index in [4.69, 9.17) is 22.1 Å². The van der Waals surface area contributed by atoms with Crippen molar-refractivity contribution in [1.82, 2.24) is 0 Å². The molecular weight excluding hydrogens is 310 g/mol. The van der Waals surface area contributed by atoms with Gasteiger partial charge in [-0.25, -0.2) is 8.42 Å². The highest BCUT2D eigenvalue weighted by molar-refractivity contribution is 7.90. The number of nitrogen functional groups attached to an aromatic ring is 1. The lowest BCUT2D eigenvalue weighted by atomic mass is 10.1. The number of hydrogen-bond donors (Lipinski definition) is 1. The molecule has 0 aliphatic rings. The molecule has 0 fully saturated rings. The maximum atomic E-state index is 11.5. The molecule has 2 aromatic rings. The zero-order valence-corrected chi connectivity index (χ0v) is 13.5. The maximum Gasteiger partial charge on any atom is 0.175 e. The molecule has 2 N–H and O–H groups in total. The highest BCUT2D eigenvalue weighted by atomic mass is 35.5. The van der Waals surface area contributed by atoms with Crippen molar-refractivity contribution in [3.8, 4) is 11.5 Å². The minimum absolute atomic E-state index is 0.163. The molecule has 2 rings (SSSR count). The van der Waals surface area contributed by atoms with Crippen LogP contribution in [-0.2, 0) is 9.84 Å². The van der Waals surface area contributed by atoms with E-state index >= 15 is 0 Å². The lowest BCUT2D eigenvalue weighted by Crippen LogP contribution is -2.00. The van der Waals surface area contributed by atoms with E-state index in [-0.39, 0.29) is 10.6 Å². The van der Waals surface area contributed by atoms with Gasteiger partial charge in [-0.15, -0.1) is 0 Å². The Balaban J connectivity index is 2.37. The predicted octanol–water partition coefficient (Wildman–Crippen LogP) is 3.73. The van der Waals surface area contributed by atoms with Gasteiger partial charge in [0.2, 0.25) is 0 Å². The summed E-state index contributed by atoms with van der Waals surface area (Å²) in [4.78, 5) is 0.163. The van der Waals surface area contributed by atoms with Crippen LogP contribution in [0.2, 0.25) is 5.02 Å². The summed E-state index contributed by atoms with van der Waals surface area (Å²) in [5, 5.41) is 0.697. The Labute approximate surface area is 129 Å². The maximum absolute atomic E-state index is 11.5. The number of nitrogens with two attached hydrogens (primary N) is 1. The first-order valence-corrected chi connectivity index (χ1v) is 8.49. The number of ether oxygens (including phenoxy) is 1. The van der Waals surface area contributed by atoms with Crippen molar-refractivity contribution in [3.63, 3.8) is 0 Å². The Morgan fingerprint density at radius 1 is 1.10 bits per heavy atom. The molecule has 0 atom stereocenters. The number of benzene rings is 2. The number of rotatable bonds is 3. The van der Waals surface area contributed by atoms with Crippen LogP contribution in [-0.4, -0.2) is 14.7 Å². The molecule has 112 valence electrons. The highest BCUT2D eigenvalue weighted by Gasteiger charge is 2.11. The van der Waals surface area contributed by atoms with Gasteiger partial charge in [-0.1, -0.05) is 11.6 Å². The minimum Gasteiger partial charge on any atom is -0.455 e. The van der Waals surface area contributed by atoms with Crippen molar-refractivity contribution in [1.29, 1.82) is 0 Å². The molecule has 21 heavy (non-hydrogen) atoms. The summed E-state index contributed by atoms with van der Waals surface area (Å²) in [5.74, 6) is 1.01. The zero-order chi connectivity index (χ0) is 15.8. The van der Waals surface area contributed by atoms with Crippen LogP contribution in [0.25, 0.3) is 0 Å². The number of hydrogen-bond acceptors (Lipinski definition) is 4. The number of halogens is 1. The Bertz CT molecular complexity index is 778. The normalized spacial score (nSPS) is 11.4. The van der Waals surface area contributed by atoms with Gasteiger partial charge in [0, 0.05) is 11.3 Å². The molecule has 0 aliphatic carbocycles. The number of sulfone groups is 1. The van der Waals surface area contributed by atoms with Crippen LogP contribution in [0.15, 0.2) is 35.2 Å². The summed E-state index contributed by atoms with van der Waals surface area (Å²) in [7, 11) is -3.29. The summed E-state index contributed by atoms with van der Waals surface area (Å²) in [6, 6.07) is 8.01. The van der Waals surface area contributed by atoms with Crippen LogP contribution in [0.4, 0.5) is 5.69 Å². The van der Waals surface area contributed by atoms with Gasteiger partial charge in [-0.2, -0.15) is 0 Å². The first kappa shape index (κ1) is 15.7. The van der Waals surface area contributed by atoms with Crippen LogP contribution < -0.4 is 10.5 Å². The van der Waals surface area contributed by atoms with Crippen LogP contribution in [0.5, 0.6) is 11.5 Å².